The number of para-hydroxylation sites is 1. The molecular weight excluding hydrogens is 655 g/mol. The lowest BCUT2D eigenvalue weighted by molar-refractivity contribution is 0.672. The fourth-order valence-electron chi connectivity index (χ4n) is 7.84. The van der Waals surface area contributed by atoms with Crippen molar-refractivity contribution < 1.29 is 4.42 Å². The van der Waals surface area contributed by atoms with Crippen LogP contribution in [0.25, 0.3) is 77.2 Å². The Morgan fingerprint density at radius 2 is 0.796 bits per heavy atom. The molecule has 9 aromatic carbocycles. The van der Waals surface area contributed by atoms with Gasteiger partial charge in [-0.1, -0.05) is 170 Å². The molecule has 254 valence electrons. The van der Waals surface area contributed by atoms with E-state index in [-0.39, 0.29) is 0 Å². The van der Waals surface area contributed by atoms with Crippen LogP contribution in [-0.4, -0.2) is 0 Å². The number of hydrogen-bond acceptors (Lipinski definition) is 2. The maximum Gasteiger partial charge on any atom is 0.143 e. The number of furan rings is 1. The van der Waals surface area contributed by atoms with E-state index in [9.17, 15) is 0 Å². The number of hydrogen-bond donors (Lipinski definition) is 0. The van der Waals surface area contributed by atoms with Crippen LogP contribution in [-0.2, 0) is 0 Å². The summed E-state index contributed by atoms with van der Waals surface area (Å²) in [6, 6.07) is 75.7. The zero-order valence-electron chi connectivity index (χ0n) is 29.6. The van der Waals surface area contributed by atoms with E-state index in [1.807, 2.05) is 0 Å². The van der Waals surface area contributed by atoms with Crippen molar-refractivity contribution in [3.05, 3.63) is 212 Å². The van der Waals surface area contributed by atoms with Crippen LogP contribution in [0.2, 0.25) is 0 Å². The van der Waals surface area contributed by atoms with Crippen LogP contribution in [0.1, 0.15) is 0 Å². The van der Waals surface area contributed by atoms with Crippen molar-refractivity contribution in [2.24, 2.45) is 0 Å². The summed E-state index contributed by atoms with van der Waals surface area (Å²) in [6.45, 7) is 0. The van der Waals surface area contributed by atoms with Crippen molar-refractivity contribution in [3.8, 4) is 44.5 Å². The van der Waals surface area contributed by atoms with Crippen LogP contribution in [0.15, 0.2) is 217 Å². The molecule has 0 saturated carbocycles. The summed E-state index contributed by atoms with van der Waals surface area (Å²) in [7, 11) is 0. The van der Waals surface area contributed by atoms with Crippen LogP contribution >= 0.6 is 0 Å². The zero-order chi connectivity index (χ0) is 35.8. The van der Waals surface area contributed by atoms with E-state index in [1.54, 1.807) is 0 Å². The van der Waals surface area contributed by atoms with Crippen molar-refractivity contribution in [2.45, 2.75) is 0 Å². The van der Waals surface area contributed by atoms with Crippen LogP contribution < -0.4 is 4.90 Å². The Morgan fingerprint density at radius 1 is 0.315 bits per heavy atom. The molecule has 2 heteroatoms. The molecule has 0 radical (unpaired) electrons. The lowest BCUT2D eigenvalue weighted by atomic mass is 9.93. The lowest BCUT2D eigenvalue weighted by Gasteiger charge is -2.26. The highest BCUT2D eigenvalue weighted by molar-refractivity contribution is 6.22. The number of fused-ring (bicyclic) bond motifs is 5. The minimum absolute atomic E-state index is 0.859. The SMILES string of the molecule is c1ccc(-c2ccc(-c3cccc(N(c4ccccc4)c4cccc5oc6c7ccccc7c(-c7ccc(-c8ccccc8)cc7)cc6c45)c3)cc2)cc1. The first kappa shape index (κ1) is 31.6. The highest BCUT2D eigenvalue weighted by Gasteiger charge is 2.22. The highest BCUT2D eigenvalue weighted by Crippen LogP contribution is 2.46. The first-order chi connectivity index (χ1) is 26.8. The summed E-state index contributed by atoms with van der Waals surface area (Å²) in [5, 5.41) is 4.45. The molecule has 0 unspecified atom stereocenters. The summed E-state index contributed by atoms with van der Waals surface area (Å²) >= 11 is 0. The zero-order valence-corrected chi connectivity index (χ0v) is 29.6. The molecule has 0 saturated heterocycles. The van der Waals surface area contributed by atoms with E-state index in [0.717, 1.165) is 50.0 Å². The van der Waals surface area contributed by atoms with Crippen molar-refractivity contribution >= 4 is 49.8 Å². The molecule has 0 spiro atoms. The van der Waals surface area contributed by atoms with Crippen LogP contribution in [0.3, 0.4) is 0 Å². The second-order valence-corrected chi connectivity index (χ2v) is 13.7. The van der Waals surface area contributed by atoms with E-state index in [2.05, 4.69) is 217 Å². The van der Waals surface area contributed by atoms with Crippen molar-refractivity contribution in [2.75, 3.05) is 4.90 Å². The van der Waals surface area contributed by atoms with Crippen molar-refractivity contribution in [1.29, 1.82) is 0 Å². The summed E-state index contributed by atoms with van der Waals surface area (Å²) in [5.74, 6) is 0. The molecule has 1 heterocycles. The third kappa shape index (κ3) is 5.62. The molecule has 10 rings (SSSR count). The predicted molar refractivity (Wildman–Crippen MR) is 228 cm³/mol. The summed E-state index contributed by atoms with van der Waals surface area (Å²) < 4.78 is 6.81. The molecule has 1 aromatic heterocycles. The molecule has 0 amide bonds. The van der Waals surface area contributed by atoms with Gasteiger partial charge in [-0.25, -0.2) is 0 Å². The van der Waals surface area contributed by atoms with Gasteiger partial charge in [0.15, 0.2) is 0 Å². The number of anilines is 3. The van der Waals surface area contributed by atoms with Gasteiger partial charge in [0.2, 0.25) is 0 Å². The van der Waals surface area contributed by atoms with E-state index in [0.29, 0.717) is 0 Å². The van der Waals surface area contributed by atoms with Crippen LogP contribution in [0, 0.1) is 0 Å². The smallest absolute Gasteiger partial charge is 0.143 e. The number of rotatable bonds is 7. The molecule has 0 atom stereocenters. The Hall–Kier alpha value is -7.16. The van der Waals surface area contributed by atoms with Gasteiger partial charge in [-0.2, -0.15) is 0 Å². The molecule has 0 aliphatic carbocycles. The molecule has 0 aliphatic heterocycles. The van der Waals surface area contributed by atoms with Gasteiger partial charge in [0.25, 0.3) is 0 Å². The minimum atomic E-state index is 0.859. The van der Waals surface area contributed by atoms with Gasteiger partial charge in [-0.15, -0.1) is 0 Å². The first-order valence-electron chi connectivity index (χ1n) is 18.4. The summed E-state index contributed by atoms with van der Waals surface area (Å²) in [5.41, 5.74) is 14.5. The highest BCUT2D eigenvalue weighted by atomic mass is 16.3. The van der Waals surface area contributed by atoms with Crippen molar-refractivity contribution in [1.82, 2.24) is 0 Å². The van der Waals surface area contributed by atoms with E-state index >= 15 is 0 Å². The molecule has 0 bridgehead atoms. The third-order valence-corrected chi connectivity index (χ3v) is 10.5. The third-order valence-electron chi connectivity index (χ3n) is 10.5. The molecule has 10 aromatic rings. The standard InChI is InChI=1S/C52H35NO/c1-4-14-36(15-5-1)38-26-28-40(29-27-38)42-18-12-21-44(34-42)53(43-19-8-3-9-20-43)49-24-13-25-50-51(49)48-35-47(45-22-10-11-23-46(45)52(48)54-50)41-32-30-39(31-33-41)37-16-6-2-7-17-37/h1-35H. The molecule has 2 nitrogen and oxygen atoms in total. The number of benzene rings is 9. The summed E-state index contributed by atoms with van der Waals surface area (Å²) in [4.78, 5) is 2.36. The Labute approximate surface area is 314 Å². The Balaban J connectivity index is 1.14. The van der Waals surface area contributed by atoms with Gasteiger partial charge in [0.1, 0.15) is 11.2 Å². The van der Waals surface area contributed by atoms with Gasteiger partial charge in [-0.05, 0) is 92.4 Å². The van der Waals surface area contributed by atoms with Crippen LogP contribution in [0.4, 0.5) is 17.1 Å². The fourth-order valence-corrected chi connectivity index (χ4v) is 7.84. The predicted octanol–water partition coefficient (Wildman–Crippen LogP) is 14.9. The largest absolute Gasteiger partial charge is 0.455 e. The second-order valence-electron chi connectivity index (χ2n) is 13.7. The van der Waals surface area contributed by atoms with E-state index < -0.39 is 0 Å². The van der Waals surface area contributed by atoms with Gasteiger partial charge in [0.05, 0.1) is 11.1 Å². The lowest BCUT2D eigenvalue weighted by Crippen LogP contribution is -2.10. The Morgan fingerprint density at radius 3 is 1.44 bits per heavy atom. The molecule has 54 heavy (non-hydrogen) atoms. The van der Waals surface area contributed by atoms with Crippen molar-refractivity contribution in [3.63, 3.8) is 0 Å². The molecule has 0 fully saturated rings. The van der Waals surface area contributed by atoms with E-state index in [1.165, 1.54) is 44.3 Å². The summed E-state index contributed by atoms with van der Waals surface area (Å²) in [6.07, 6.45) is 0. The number of nitrogens with zero attached hydrogens (tertiary/aromatic N) is 1. The first-order valence-corrected chi connectivity index (χ1v) is 18.4. The Kier molecular flexibility index (Phi) is 7.85. The van der Waals surface area contributed by atoms with Crippen LogP contribution in [0.5, 0.6) is 0 Å². The average Bonchev–Trinajstić information content (AvgIpc) is 3.64. The maximum absolute atomic E-state index is 6.81. The topological polar surface area (TPSA) is 16.4 Å². The van der Waals surface area contributed by atoms with Gasteiger partial charge in [-0.3, -0.25) is 0 Å². The fraction of sp³-hybridized carbons (Fsp3) is 0. The quantitative estimate of drug-likeness (QED) is 0.166. The molecular formula is C52H35NO. The molecule has 0 N–H and O–H groups in total. The molecule has 0 aliphatic rings. The minimum Gasteiger partial charge on any atom is -0.455 e. The average molecular weight is 690 g/mol. The second kappa shape index (κ2) is 13.4. The monoisotopic (exact) mass is 689 g/mol. The van der Waals surface area contributed by atoms with Gasteiger partial charge in [0, 0.05) is 22.1 Å². The maximum atomic E-state index is 6.81. The van der Waals surface area contributed by atoms with Gasteiger partial charge < -0.3 is 9.32 Å². The Bertz CT molecular complexity index is 2890. The normalized spacial score (nSPS) is 11.3. The van der Waals surface area contributed by atoms with Gasteiger partial charge >= 0.3 is 0 Å². The van der Waals surface area contributed by atoms with E-state index in [4.69, 9.17) is 4.42 Å².